The van der Waals surface area contributed by atoms with Gasteiger partial charge in [0, 0.05) is 45.1 Å². The van der Waals surface area contributed by atoms with Crippen LogP contribution in [-0.4, -0.2) is 65.6 Å². The van der Waals surface area contributed by atoms with E-state index in [9.17, 15) is 24.0 Å². The Bertz CT molecular complexity index is 1020. The van der Waals surface area contributed by atoms with Gasteiger partial charge in [-0.25, -0.2) is 9.59 Å². The zero-order valence-corrected chi connectivity index (χ0v) is 22.2. The molecule has 8 unspecified atom stereocenters. The number of carbonyl (C=O) groups is 5. The van der Waals surface area contributed by atoms with E-state index in [-0.39, 0.29) is 6.42 Å². The molecule has 0 spiro atoms. The standard InChI is InChI=1S/C25H32O10S/c1-12-10-16(31-13(2)26)20-19(12)22-21(25(6,23(30)33-22)35-15(4)28)17(32-18(29)8-9-36-7)11-24(20,5)34-14(3)27/h8-10,16-17,19-22H,11H2,1-7H3. The van der Waals surface area contributed by atoms with Gasteiger partial charge >= 0.3 is 29.8 Å². The Morgan fingerprint density at radius 1 is 1.03 bits per heavy atom. The number of rotatable bonds is 6. The zero-order chi connectivity index (χ0) is 27.0. The summed E-state index contributed by atoms with van der Waals surface area (Å²) < 4.78 is 28.6. The Morgan fingerprint density at radius 3 is 2.22 bits per heavy atom. The third-order valence-corrected chi connectivity index (χ3v) is 7.45. The van der Waals surface area contributed by atoms with Gasteiger partial charge < -0.3 is 23.7 Å². The van der Waals surface area contributed by atoms with Crippen LogP contribution in [-0.2, 0) is 47.7 Å². The van der Waals surface area contributed by atoms with Crippen LogP contribution in [0, 0.1) is 17.8 Å². The second-order valence-corrected chi connectivity index (χ2v) is 10.5. The van der Waals surface area contributed by atoms with E-state index in [0.29, 0.717) is 0 Å². The molecular formula is C25H32O10S. The molecule has 1 saturated heterocycles. The van der Waals surface area contributed by atoms with Crippen LogP contribution in [0.4, 0.5) is 0 Å². The van der Waals surface area contributed by atoms with E-state index in [2.05, 4.69) is 0 Å². The predicted molar refractivity (Wildman–Crippen MR) is 127 cm³/mol. The summed E-state index contributed by atoms with van der Waals surface area (Å²) in [5.41, 5.74) is -2.32. The highest BCUT2D eigenvalue weighted by Crippen LogP contribution is 2.56. The van der Waals surface area contributed by atoms with Crippen LogP contribution in [0.25, 0.3) is 0 Å². The fourth-order valence-corrected chi connectivity index (χ4v) is 6.26. The number of fused-ring (bicyclic) bond motifs is 3. The highest BCUT2D eigenvalue weighted by Gasteiger charge is 2.69. The average molecular weight is 525 g/mol. The summed E-state index contributed by atoms with van der Waals surface area (Å²) in [6.45, 7) is 8.62. The smallest absolute Gasteiger partial charge is 0.351 e. The minimum atomic E-state index is -1.77. The van der Waals surface area contributed by atoms with Crippen LogP contribution >= 0.6 is 11.8 Å². The summed E-state index contributed by atoms with van der Waals surface area (Å²) in [5, 5.41) is 1.54. The molecule has 0 N–H and O–H groups in total. The monoisotopic (exact) mass is 524 g/mol. The van der Waals surface area contributed by atoms with Crippen molar-refractivity contribution in [2.24, 2.45) is 17.8 Å². The fraction of sp³-hybridized carbons (Fsp3) is 0.640. The molecule has 10 nitrogen and oxygen atoms in total. The number of carbonyl (C=O) groups excluding carboxylic acids is 5. The zero-order valence-electron chi connectivity index (χ0n) is 21.4. The second kappa shape index (κ2) is 10.3. The molecule has 3 aliphatic rings. The van der Waals surface area contributed by atoms with Crippen molar-refractivity contribution < 1.29 is 47.7 Å². The minimum Gasteiger partial charge on any atom is -0.459 e. The lowest BCUT2D eigenvalue weighted by Crippen LogP contribution is -2.51. The van der Waals surface area contributed by atoms with Gasteiger partial charge in [0.1, 0.15) is 23.9 Å². The van der Waals surface area contributed by atoms with E-state index in [0.717, 1.165) is 5.57 Å². The Balaban J connectivity index is 2.20. The molecule has 11 heteroatoms. The fourth-order valence-electron chi connectivity index (χ4n) is 6.01. The van der Waals surface area contributed by atoms with Crippen LogP contribution in [0.1, 0.15) is 48.0 Å². The van der Waals surface area contributed by atoms with E-state index in [1.807, 2.05) is 0 Å². The molecular weight excluding hydrogens is 492 g/mol. The SMILES string of the molecule is CSC=CC(=O)OC1CC(C)(OC(C)=O)C2C(OC(C)=O)C=C(C)C2C2OC(=O)C(C)(OC(C)=O)C12. The first-order valence-corrected chi connectivity index (χ1v) is 12.9. The van der Waals surface area contributed by atoms with Gasteiger partial charge in [-0.15, -0.1) is 11.8 Å². The summed E-state index contributed by atoms with van der Waals surface area (Å²) in [6.07, 6.45) is 1.95. The maximum atomic E-state index is 13.2. The molecule has 2 aliphatic carbocycles. The highest BCUT2D eigenvalue weighted by molar-refractivity contribution is 8.01. The van der Waals surface area contributed by atoms with Gasteiger partial charge in [-0.2, -0.15) is 0 Å². The van der Waals surface area contributed by atoms with Gasteiger partial charge in [0.25, 0.3) is 0 Å². The third kappa shape index (κ3) is 5.16. The molecule has 0 aromatic carbocycles. The van der Waals surface area contributed by atoms with Crippen LogP contribution in [0.3, 0.4) is 0 Å². The largest absolute Gasteiger partial charge is 0.459 e. The van der Waals surface area contributed by atoms with Gasteiger partial charge in [-0.1, -0.05) is 5.57 Å². The van der Waals surface area contributed by atoms with Gasteiger partial charge in [0.15, 0.2) is 0 Å². The summed E-state index contributed by atoms with van der Waals surface area (Å²) in [5.74, 6) is -5.43. The summed E-state index contributed by atoms with van der Waals surface area (Å²) in [7, 11) is 0. The van der Waals surface area contributed by atoms with Crippen molar-refractivity contribution in [3.63, 3.8) is 0 Å². The Labute approximate surface area is 214 Å². The molecule has 0 bridgehead atoms. The van der Waals surface area contributed by atoms with Crippen molar-refractivity contribution in [2.75, 3.05) is 6.26 Å². The molecule has 2 fully saturated rings. The van der Waals surface area contributed by atoms with Crippen LogP contribution in [0.2, 0.25) is 0 Å². The summed E-state index contributed by atoms with van der Waals surface area (Å²) >= 11 is 1.30. The summed E-state index contributed by atoms with van der Waals surface area (Å²) in [4.78, 5) is 62.1. The second-order valence-electron chi connectivity index (χ2n) is 9.76. The van der Waals surface area contributed by atoms with Gasteiger partial charge in [-0.05, 0) is 38.5 Å². The Morgan fingerprint density at radius 2 is 1.67 bits per heavy atom. The van der Waals surface area contributed by atoms with E-state index in [1.54, 1.807) is 31.6 Å². The normalized spacial score (nSPS) is 37.2. The Kier molecular flexibility index (Phi) is 7.92. The highest BCUT2D eigenvalue weighted by atomic mass is 32.2. The molecule has 36 heavy (non-hydrogen) atoms. The van der Waals surface area contributed by atoms with E-state index in [4.69, 9.17) is 23.7 Å². The number of hydrogen-bond acceptors (Lipinski definition) is 11. The van der Waals surface area contributed by atoms with Crippen molar-refractivity contribution in [1.82, 2.24) is 0 Å². The van der Waals surface area contributed by atoms with E-state index >= 15 is 0 Å². The van der Waals surface area contributed by atoms with Crippen molar-refractivity contribution >= 4 is 41.6 Å². The van der Waals surface area contributed by atoms with Crippen LogP contribution in [0.15, 0.2) is 23.1 Å². The molecule has 1 aliphatic heterocycles. The predicted octanol–water partition coefficient (Wildman–Crippen LogP) is 2.49. The molecule has 0 radical (unpaired) electrons. The molecule has 8 atom stereocenters. The first-order chi connectivity index (χ1) is 16.7. The first kappa shape index (κ1) is 27.8. The average Bonchev–Trinajstić information content (AvgIpc) is 3.13. The molecule has 1 saturated carbocycles. The van der Waals surface area contributed by atoms with Crippen molar-refractivity contribution in [3.8, 4) is 0 Å². The van der Waals surface area contributed by atoms with Gasteiger partial charge in [-0.3, -0.25) is 14.4 Å². The van der Waals surface area contributed by atoms with Crippen molar-refractivity contribution in [1.29, 1.82) is 0 Å². The molecule has 0 aromatic rings. The molecule has 0 aromatic heterocycles. The molecule has 198 valence electrons. The lowest BCUT2D eigenvalue weighted by molar-refractivity contribution is -0.185. The maximum Gasteiger partial charge on any atom is 0.351 e. The van der Waals surface area contributed by atoms with Crippen molar-refractivity contribution in [2.45, 2.75) is 77.5 Å². The number of hydrogen-bond donors (Lipinski definition) is 0. The lowest BCUT2D eigenvalue weighted by atomic mass is 9.74. The molecule has 0 amide bonds. The maximum absolute atomic E-state index is 13.2. The van der Waals surface area contributed by atoms with Gasteiger partial charge in [0.2, 0.25) is 5.60 Å². The summed E-state index contributed by atoms with van der Waals surface area (Å²) in [6, 6.07) is 0. The molecule has 1 heterocycles. The lowest BCUT2D eigenvalue weighted by Gasteiger charge is -2.40. The minimum absolute atomic E-state index is 0.0554. The van der Waals surface area contributed by atoms with Gasteiger partial charge in [0.05, 0.1) is 5.92 Å². The van der Waals surface area contributed by atoms with Crippen LogP contribution < -0.4 is 0 Å². The third-order valence-electron chi connectivity index (χ3n) is 7.04. The number of esters is 5. The van der Waals surface area contributed by atoms with E-state index < -0.39 is 77.1 Å². The topological polar surface area (TPSA) is 132 Å². The van der Waals surface area contributed by atoms with Crippen molar-refractivity contribution in [3.05, 3.63) is 23.1 Å². The quantitative estimate of drug-likeness (QED) is 0.220. The Hall–Kier alpha value is -2.82. The molecule has 3 rings (SSSR count). The number of thioether (sulfide) groups is 1. The first-order valence-electron chi connectivity index (χ1n) is 11.6. The number of ether oxygens (including phenoxy) is 5. The van der Waals surface area contributed by atoms with Crippen LogP contribution in [0.5, 0.6) is 0 Å². The van der Waals surface area contributed by atoms with E-state index in [1.165, 1.54) is 45.5 Å².